The number of rotatable bonds is 5. The van der Waals surface area contributed by atoms with E-state index in [1.54, 1.807) is 24.3 Å². The first kappa shape index (κ1) is 14.9. The van der Waals surface area contributed by atoms with Crippen molar-refractivity contribution in [1.29, 1.82) is 0 Å². The number of anilines is 1. The number of aliphatic hydroxyl groups excluding tert-OH is 1. The first-order valence-electron chi connectivity index (χ1n) is 6.72. The number of aliphatic hydroxyl groups is 1. The van der Waals surface area contributed by atoms with Crippen molar-refractivity contribution in [2.45, 2.75) is 26.0 Å². The molecule has 2 N–H and O–H groups in total. The van der Waals surface area contributed by atoms with Gasteiger partial charge in [0.1, 0.15) is 5.82 Å². The second-order valence-corrected chi connectivity index (χ2v) is 4.63. The largest absolute Gasteiger partial charge is 0.391 e. The Labute approximate surface area is 122 Å². The Morgan fingerprint density at radius 2 is 2.05 bits per heavy atom. The molecular formula is C15H17N3O3. The summed E-state index contributed by atoms with van der Waals surface area (Å²) in [6.07, 6.45) is 1.47. The summed E-state index contributed by atoms with van der Waals surface area (Å²) >= 11 is 0. The fourth-order valence-electron chi connectivity index (χ4n) is 1.77. The molecular weight excluding hydrogens is 270 g/mol. The number of carbonyl (C=O) groups excluding carboxylic acids is 1. The number of amides is 1. The number of benzene rings is 1. The Balaban J connectivity index is 2.10. The van der Waals surface area contributed by atoms with Crippen LogP contribution in [-0.4, -0.2) is 26.7 Å². The van der Waals surface area contributed by atoms with E-state index in [1.807, 2.05) is 13.0 Å². The monoisotopic (exact) mass is 287 g/mol. The molecule has 0 saturated carbocycles. The van der Waals surface area contributed by atoms with Gasteiger partial charge in [-0.3, -0.25) is 9.36 Å². The maximum atomic E-state index is 11.9. The zero-order chi connectivity index (χ0) is 15.2. The lowest BCUT2D eigenvalue weighted by molar-refractivity contribution is 0.102. The second-order valence-electron chi connectivity index (χ2n) is 4.63. The van der Waals surface area contributed by atoms with Gasteiger partial charge in [-0.05, 0) is 24.6 Å². The Kier molecular flexibility index (Phi) is 4.84. The highest BCUT2D eigenvalue weighted by Crippen LogP contribution is 2.04. The maximum Gasteiger partial charge on any atom is 0.349 e. The molecule has 1 heterocycles. The minimum Gasteiger partial charge on any atom is -0.391 e. The summed E-state index contributed by atoms with van der Waals surface area (Å²) in [7, 11) is 0. The summed E-state index contributed by atoms with van der Waals surface area (Å²) in [5.74, 6) is -0.134. The van der Waals surface area contributed by atoms with E-state index in [-0.39, 0.29) is 18.3 Å². The predicted octanol–water partition coefficient (Wildman–Crippen LogP) is 1.27. The van der Waals surface area contributed by atoms with Gasteiger partial charge in [0.15, 0.2) is 0 Å². The van der Waals surface area contributed by atoms with Crippen LogP contribution in [0.25, 0.3) is 0 Å². The first-order chi connectivity index (χ1) is 10.1. The van der Waals surface area contributed by atoms with E-state index in [0.717, 1.165) is 0 Å². The number of carbonyl (C=O) groups is 1. The molecule has 0 fully saturated rings. The molecule has 110 valence electrons. The van der Waals surface area contributed by atoms with Crippen molar-refractivity contribution in [3.05, 3.63) is 58.6 Å². The third kappa shape index (κ3) is 4.00. The van der Waals surface area contributed by atoms with E-state index in [4.69, 9.17) is 0 Å². The third-order valence-electron chi connectivity index (χ3n) is 3.03. The van der Waals surface area contributed by atoms with Crippen LogP contribution in [0, 0.1) is 0 Å². The summed E-state index contributed by atoms with van der Waals surface area (Å²) in [6.45, 7) is 2.02. The van der Waals surface area contributed by atoms with Gasteiger partial charge in [0.25, 0.3) is 5.91 Å². The lowest BCUT2D eigenvalue weighted by Gasteiger charge is -2.10. The van der Waals surface area contributed by atoms with Crippen LogP contribution in [0.1, 0.15) is 23.7 Å². The molecule has 2 aromatic rings. The summed E-state index contributed by atoms with van der Waals surface area (Å²) in [6, 6.07) is 10.2. The second kappa shape index (κ2) is 6.81. The maximum absolute atomic E-state index is 11.9. The summed E-state index contributed by atoms with van der Waals surface area (Å²) in [5.41, 5.74) is -0.0155. The number of nitrogens with zero attached hydrogens (tertiary/aromatic N) is 2. The smallest absolute Gasteiger partial charge is 0.349 e. The first-order valence-corrected chi connectivity index (χ1v) is 6.72. The molecule has 0 spiro atoms. The minimum absolute atomic E-state index is 0.190. The summed E-state index contributed by atoms with van der Waals surface area (Å²) in [5, 5.41) is 12.1. The van der Waals surface area contributed by atoms with Crippen LogP contribution in [0.5, 0.6) is 0 Å². The summed E-state index contributed by atoms with van der Waals surface area (Å²) in [4.78, 5) is 27.5. The van der Waals surface area contributed by atoms with Crippen LogP contribution in [0.4, 0.5) is 5.82 Å². The summed E-state index contributed by atoms with van der Waals surface area (Å²) < 4.78 is 1.31. The van der Waals surface area contributed by atoms with Crippen molar-refractivity contribution in [2.24, 2.45) is 0 Å². The zero-order valence-electron chi connectivity index (χ0n) is 11.7. The average Bonchev–Trinajstić information content (AvgIpc) is 2.50. The van der Waals surface area contributed by atoms with Gasteiger partial charge in [0, 0.05) is 11.8 Å². The van der Waals surface area contributed by atoms with Crippen molar-refractivity contribution in [2.75, 3.05) is 5.32 Å². The predicted molar refractivity (Wildman–Crippen MR) is 79.2 cm³/mol. The standard InChI is InChI=1S/C15H17N3O3/c1-2-12(19)10-18-9-8-13(17-15(18)21)16-14(20)11-6-4-3-5-7-11/h3-9,12,19H,2,10H2,1H3,(H,16,17,20,21)/t12-/m1/s1. The van der Waals surface area contributed by atoms with E-state index in [1.165, 1.54) is 16.8 Å². The van der Waals surface area contributed by atoms with Gasteiger partial charge in [-0.25, -0.2) is 4.79 Å². The van der Waals surface area contributed by atoms with E-state index in [2.05, 4.69) is 10.3 Å². The Morgan fingerprint density at radius 1 is 1.33 bits per heavy atom. The number of hydrogen-bond donors (Lipinski definition) is 2. The van der Waals surface area contributed by atoms with Gasteiger partial charge < -0.3 is 10.4 Å². The van der Waals surface area contributed by atoms with E-state index in [0.29, 0.717) is 12.0 Å². The van der Waals surface area contributed by atoms with Crippen molar-refractivity contribution in [3.63, 3.8) is 0 Å². The van der Waals surface area contributed by atoms with Gasteiger partial charge in [0.2, 0.25) is 0 Å². The molecule has 0 saturated heterocycles. The highest BCUT2D eigenvalue weighted by Gasteiger charge is 2.09. The average molecular weight is 287 g/mol. The van der Waals surface area contributed by atoms with Crippen LogP contribution in [-0.2, 0) is 6.54 Å². The van der Waals surface area contributed by atoms with Crippen LogP contribution >= 0.6 is 0 Å². The molecule has 2 rings (SSSR count). The van der Waals surface area contributed by atoms with Gasteiger partial charge in [0.05, 0.1) is 12.6 Å². The normalized spacial score (nSPS) is 11.9. The SMILES string of the molecule is CC[C@@H](O)Cn1ccc(NC(=O)c2ccccc2)nc1=O. The third-order valence-corrected chi connectivity index (χ3v) is 3.03. The van der Waals surface area contributed by atoms with E-state index < -0.39 is 11.8 Å². The Bertz CT molecular complexity index is 667. The van der Waals surface area contributed by atoms with Gasteiger partial charge >= 0.3 is 5.69 Å². The van der Waals surface area contributed by atoms with Gasteiger partial charge in [-0.15, -0.1) is 0 Å². The minimum atomic E-state index is -0.589. The zero-order valence-corrected chi connectivity index (χ0v) is 11.7. The van der Waals surface area contributed by atoms with Gasteiger partial charge in [-0.1, -0.05) is 25.1 Å². The lowest BCUT2D eigenvalue weighted by atomic mass is 10.2. The Hall–Kier alpha value is -2.47. The molecule has 0 aliphatic heterocycles. The van der Waals surface area contributed by atoms with Crippen molar-refractivity contribution in [1.82, 2.24) is 9.55 Å². The molecule has 6 heteroatoms. The topological polar surface area (TPSA) is 84.2 Å². The Morgan fingerprint density at radius 3 is 2.67 bits per heavy atom. The van der Waals surface area contributed by atoms with E-state index >= 15 is 0 Å². The molecule has 0 radical (unpaired) electrons. The van der Waals surface area contributed by atoms with Crippen LogP contribution in [0.15, 0.2) is 47.4 Å². The van der Waals surface area contributed by atoms with Crippen LogP contribution in [0.2, 0.25) is 0 Å². The van der Waals surface area contributed by atoms with Crippen molar-refractivity contribution >= 4 is 11.7 Å². The molecule has 1 aromatic carbocycles. The molecule has 0 aliphatic carbocycles. The molecule has 1 atom stereocenters. The number of aromatic nitrogens is 2. The van der Waals surface area contributed by atoms with E-state index in [9.17, 15) is 14.7 Å². The van der Waals surface area contributed by atoms with Crippen molar-refractivity contribution in [3.8, 4) is 0 Å². The molecule has 1 aromatic heterocycles. The number of hydrogen-bond acceptors (Lipinski definition) is 4. The van der Waals surface area contributed by atoms with Crippen LogP contribution in [0.3, 0.4) is 0 Å². The van der Waals surface area contributed by atoms with Crippen molar-refractivity contribution < 1.29 is 9.90 Å². The quantitative estimate of drug-likeness (QED) is 0.867. The highest BCUT2D eigenvalue weighted by atomic mass is 16.3. The molecule has 0 aliphatic rings. The number of nitrogens with one attached hydrogen (secondary N) is 1. The van der Waals surface area contributed by atoms with Crippen LogP contribution < -0.4 is 11.0 Å². The van der Waals surface area contributed by atoms with Gasteiger partial charge in [-0.2, -0.15) is 4.98 Å². The molecule has 1 amide bonds. The molecule has 6 nitrogen and oxygen atoms in total. The molecule has 0 unspecified atom stereocenters. The highest BCUT2D eigenvalue weighted by molar-refractivity contribution is 6.03. The fourth-order valence-corrected chi connectivity index (χ4v) is 1.77. The lowest BCUT2D eigenvalue weighted by Crippen LogP contribution is -2.29. The molecule has 21 heavy (non-hydrogen) atoms. The molecule has 0 bridgehead atoms. The fraction of sp³-hybridized carbons (Fsp3) is 0.267.